The van der Waals surface area contributed by atoms with Crippen molar-refractivity contribution >= 4 is 11.6 Å². The molecule has 0 aliphatic carbocycles. The molecule has 0 aromatic heterocycles. The Bertz CT molecular complexity index is 613. The molecule has 0 radical (unpaired) electrons. The Labute approximate surface area is 124 Å². The van der Waals surface area contributed by atoms with Crippen LogP contribution in [0, 0.1) is 0 Å². The first-order valence-corrected chi connectivity index (χ1v) is 7.14. The Kier molecular flexibility index (Phi) is 4.05. The van der Waals surface area contributed by atoms with Crippen molar-refractivity contribution < 1.29 is 9.53 Å². The van der Waals surface area contributed by atoms with Crippen LogP contribution in [0.15, 0.2) is 54.6 Å². The third kappa shape index (κ3) is 3.34. The Morgan fingerprint density at radius 2 is 1.90 bits per heavy atom. The van der Waals surface area contributed by atoms with Crippen molar-refractivity contribution in [3.63, 3.8) is 0 Å². The average Bonchev–Trinajstić information content (AvgIpc) is 2.55. The molecule has 0 unspecified atom stereocenters. The first-order chi connectivity index (χ1) is 10.3. The van der Waals surface area contributed by atoms with Gasteiger partial charge >= 0.3 is 0 Å². The monoisotopic (exact) mass is 282 g/mol. The molecule has 4 heteroatoms. The maximum Gasteiger partial charge on any atom is 0.262 e. The lowest BCUT2D eigenvalue weighted by Gasteiger charge is -2.26. The fourth-order valence-electron chi connectivity index (χ4n) is 2.35. The van der Waals surface area contributed by atoms with Crippen LogP contribution < -0.4 is 15.4 Å². The Balaban J connectivity index is 1.50. The topological polar surface area (TPSA) is 50.4 Å². The van der Waals surface area contributed by atoms with Gasteiger partial charge in [-0.05, 0) is 24.1 Å². The van der Waals surface area contributed by atoms with E-state index in [2.05, 4.69) is 22.8 Å². The van der Waals surface area contributed by atoms with E-state index < -0.39 is 6.10 Å². The smallest absolute Gasteiger partial charge is 0.262 e. The first-order valence-electron chi connectivity index (χ1n) is 7.14. The Hall–Kier alpha value is -2.49. The van der Waals surface area contributed by atoms with Gasteiger partial charge in [0.25, 0.3) is 5.91 Å². The fourth-order valence-corrected chi connectivity index (χ4v) is 2.35. The zero-order chi connectivity index (χ0) is 14.5. The highest BCUT2D eigenvalue weighted by Crippen LogP contribution is 2.28. The summed E-state index contributed by atoms with van der Waals surface area (Å²) in [6.07, 6.45) is 0.347. The largest absolute Gasteiger partial charge is 0.477 e. The summed E-state index contributed by atoms with van der Waals surface area (Å²) in [6, 6.07) is 17.8. The molecule has 21 heavy (non-hydrogen) atoms. The maximum absolute atomic E-state index is 12.1. The van der Waals surface area contributed by atoms with Crippen molar-refractivity contribution in [3.05, 3.63) is 60.2 Å². The summed E-state index contributed by atoms with van der Waals surface area (Å²) < 4.78 is 5.72. The zero-order valence-electron chi connectivity index (χ0n) is 11.7. The van der Waals surface area contributed by atoms with Gasteiger partial charge in [-0.2, -0.15) is 0 Å². The second-order valence-electron chi connectivity index (χ2n) is 5.01. The molecule has 0 saturated heterocycles. The van der Waals surface area contributed by atoms with Crippen molar-refractivity contribution in [2.75, 3.05) is 18.4 Å². The Morgan fingerprint density at radius 3 is 2.76 bits per heavy atom. The van der Waals surface area contributed by atoms with E-state index in [4.69, 9.17) is 4.74 Å². The molecule has 108 valence electrons. The number of rotatable bonds is 4. The lowest BCUT2D eigenvalue weighted by Crippen LogP contribution is -2.45. The molecule has 0 spiro atoms. The van der Waals surface area contributed by atoms with E-state index in [0.717, 1.165) is 17.9 Å². The summed E-state index contributed by atoms with van der Waals surface area (Å²) in [5.74, 6) is 0.653. The minimum Gasteiger partial charge on any atom is -0.477 e. The number of nitrogens with one attached hydrogen (secondary N) is 2. The van der Waals surface area contributed by atoms with E-state index in [1.54, 1.807) is 0 Å². The van der Waals surface area contributed by atoms with Gasteiger partial charge in [0.2, 0.25) is 0 Å². The van der Waals surface area contributed by atoms with Gasteiger partial charge in [0.05, 0.1) is 12.2 Å². The molecule has 0 fully saturated rings. The van der Waals surface area contributed by atoms with Gasteiger partial charge in [-0.25, -0.2) is 0 Å². The third-order valence-electron chi connectivity index (χ3n) is 3.48. The molecule has 3 rings (SSSR count). The van der Waals surface area contributed by atoms with Gasteiger partial charge in [0, 0.05) is 6.54 Å². The van der Waals surface area contributed by atoms with Crippen LogP contribution in [0.2, 0.25) is 0 Å². The predicted molar refractivity (Wildman–Crippen MR) is 82.5 cm³/mol. The van der Waals surface area contributed by atoms with Gasteiger partial charge in [-0.1, -0.05) is 42.5 Å². The van der Waals surface area contributed by atoms with Crippen LogP contribution in [0.3, 0.4) is 0 Å². The van der Waals surface area contributed by atoms with Gasteiger partial charge in [0.1, 0.15) is 5.75 Å². The molecule has 4 nitrogen and oxygen atoms in total. The van der Waals surface area contributed by atoms with Crippen molar-refractivity contribution in [1.82, 2.24) is 5.32 Å². The van der Waals surface area contributed by atoms with E-state index in [9.17, 15) is 4.79 Å². The van der Waals surface area contributed by atoms with E-state index in [-0.39, 0.29) is 5.91 Å². The summed E-state index contributed by atoms with van der Waals surface area (Å²) in [7, 11) is 0. The number of anilines is 1. The van der Waals surface area contributed by atoms with Crippen LogP contribution in [0.1, 0.15) is 5.56 Å². The standard InChI is InChI=1S/C17H18N2O2/c20-17(18-11-10-13-6-2-1-3-7-13)16-12-19-14-8-4-5-9-15(14)21-16/h1-9,16,19H,10-12H2,(H,18,20)/t16-/m0/s1. The van der Waals surface area contributed by atoms with E-state index >= 15 is 0 Å². The molecule has 2 aromatic rings. The number of para-hydroxylation sites is 2. The molecule has 2 N–H and O–H groups in total. The molecular weight excluding hydrogens is 264 g/mol. The first kappa shape index (κ1) is 13.5. The summed E-state index contributed by atoms with van der Waals surface area (Å²) >= 11 is 0. The number of fused-ring (bicyclic) bond motifs is 1. The van der Waals surface area contributed by atoms with Gasteiger partial charge in [-0.3, -0.25) is 4.79 Å². The summed E-state index contributed by atoms with van der Waals surface area (Å²) in [5.41, 5.74) is 2.15. The normalized spacial score (nSPS) is 16.3. The minimum atomic E-state index is -0.476. The van der Waals surface area contributed by atoms with Crippen LogP contribution in [0.5, 0.6) is 5.75 Å². The lowest BCUT2D eigenvalue weighted by molar-refractivity contribution is -0.127. The average molecular weight is 282 g/mol. The molecule has 2 aromatic carbocycles. The minimum absolute atomic E-state index is 0.0760. The highest BCUT2D eigenvalue weighted by molar-refractivity contribution is 5.83. The third-order valence-corrected chi connectivity index (χ3v) is 3.48. The van der Waals surface area contributed by atoms with Gasteiger partial charge in [-0.15, -0.1) is 0 Å². The number of benzene rings is 2. The molecule has 1 heterocycles. The molecular formula is C17H18N2O2. The number of carbonyl (C=O) groups excluding carboxylic acids is 1. The second-order valence-corrected chi connectivity index (χ2v) is 5.01. The zero-order valence-corrected chi connectivity index (χ0v) is 11.7. The van der Waals surface area contributed by atoms with Crippen LogP contribution >= 0.6 is 0 Å². The summed E-state index contributed by atoms with van der Waals surface area (Å²) in [4.78, 5) is 12.1. The van der Waals surface area contributed by atoms with Gasteiger partial charge < -0.3 is 15.4 Å². The van der Waals surface area contributed by atoms with Crippen LogP contribution in [-0.4, -0.2) is 25.1 Å². The van der Waals surface area contributed by atoms with Crippen molar-refractivity contribution in [3.8, 4) is 5.75 Å². The highest BCUT2D eigenvalue weighted by atomic mass is 16.5. The van der Waals surface area contributed by atoms with Crippen molar-refractivity contribution in [2.24, 2.45) is 0 Å². The van der Waals surface area contributed by atoms with E-state index in [0.29, 0.717) is 13.1 Å². The number of ether oxygens (including phenoxy) is 1. The molecule has 0 bridgehead atoms. The lowest BCUT2D eigenvalue weighted by atomic mass is 10.1. The summed E-state index contributed by atoms with van der Waals surface area (Å²) in [6.45, 7) is 1.11. The summed E-state index contributed by atoms with van der Waals surface area (Å²) in [5, 5.41) is 6.14. The van der Waals surface area contributed by atoms with Gasteiger partial charge in [0.15, 0.2) is 6.10 Å². The van der Waals surface area contributed by atoms with Crippen molar-refractivity contribution in [1.29, 1.82) is 0 Å². The van der Waals surface area contributed by atoms with Crippen molar-refractivity contribution in [2.45, 2.75) is 12.5 Å². The molecule has 1 amide bonds. The number of carbonyl (C=O) groups is 1. The highest BCUT2D eigenvalue weighted by Gasteiger charge is 2.25. The van der Waals surface area contributed by atoms with E-state index in [1.807, 2.05) is 42.5 Å². The Morgan fingerprint density at radius 1 is 1.14 bits per heavy atom. The molecule has 1 atom stereocenters. The predicted octanol–water partition coefficient (Wildman–Crippen LogP) is 2.22. The van der Waals surface area contributed by atoms with Crippen LogP contribution in [0.4, 0.5) is 5.69 Å². The molecule has 1 aliphatic heterocycles. The number of hydrogen-bond acceptors (Lipinski definition) is 3. The fraction of sp³-hybridized carbons (Fsp3) is 0.235. The van der Waals surface area contributed by atoms with Crippen LogP contribution in [0.25, 0.3) is 0 Å². The quantitative estimate of drug-likeness (QED) is 0.904. The molecule has 1 aliphatic rings. The molecule has 0 saturated carbocycles. The van der Waals surface area contributed by atoms with Crippen LogP contribution in [-0.2, 0) is 11.2 Å². The number of hydrogen-bond donors (Lipinski definition) is 2. The number of amides is 1. The second kappa shape index (κ2) is 6.31. The van der Waals surface area contributed by atoms with E-state index in [1.165, 1.54) is 5.56 Å². The maximum atomic E-state index is 12.1. The SMILES string of the molecule is O=C(NCCc1ccccc1)[C@@H]1CNc2ccccc2O1.